The van der Waals surface area contributed by atoms with Crippen LogP contribution >= 0.6 is 0 Å². The SMILES string of the molecule is Cc1ccccc1CNC(=O)[C@@H]1CC(=O)N(c2ccc(OCC(=O)Nc3ccccc3C)cc2)C1. The van der Waals surface area contributed by atoms with E-state index in [2.05, 4.69) is 10.6 Å². The number of hydrogen-bond acceptors (Lipinski definition) is 4. The molecule has 1 fully saturated rings. The van der Waals surface area contributed by atoms with E-state index in [-0.39, 0.29) is 30.7 Å². The van der Waals surface area contributed by atoms with Gasteiger partial charge in [0.05, 0.1) is 5.92 Å². The van der Waals surface area contributed by atoms with Gasteiger partial charge in [0, 0.05) is 30.9 Å². The molecule has 0 aliphatic carbocycles. The number of nitrogens with zero attached hydrogens (tertiary/aromatic N) is 1. The van der Waals surface area contributed by atoms with Crippen LogP contribution < -0.4 is 20.3 Å². The third-order valence-electron chi connectivity index (χ3n) is 6.15. The minimum absolute atomic E-state index is 0.0904. The summed E-state index contributed by atoms with van der Waals surface area (Å²) in [5.41, 5.74) is 4.60. The highest BCUT2D eigenvalue weighted by Gasteiger charge is 2.35. The van der Waals surface area contributed by atoms with Crippen LogP contribution in [0.3, 0.4) is 0 Å². The summed E-state index contributed by atoms with van der Waals surface area (Å²) in [6.45, 7) is 4.58. The van der Waals surface area contributed by atoms with Gasteiger partial charge in [-0.2, -0.15) is 0 Å². The first kappa shape index (κ1) is 24.0. The normalized spacial score (nSPS) is 15.1. The van der Waals surface area contributed by atoms with Crippen molar-refractivity contribution in [2.24, 2.45) is 5.92 Å². The van der Waals surface area contributed by atoms with Crippen LogP contribution in [0.25, 0.3) is 0 Å². The highest BCUT2D eigenvalue weighted by Crippen LogP contribution is 2.27. The highest BCUT2D eigenvalue weighted by molar-refractivity contribution is 6.00. The molecular weight excluding hydrogens is 442 g/mol. The summed E-state index contributed by atoms with van der Waals surface area (Å²) < 4.78 is 5.59. The van der Waals surface area contributed by atoms with Crippen LogP contribution in [0.1, 0.15) is 23.1 Å². The number of nitrogens with one attached hydrogen (secondary N) is 2. The Bertz CT molecular complexity index is 1220. The largest absolute Gasteiger partial charge is 0.484 e. The van der Waals surface area contributed by atoms with Gasteiger partial charge in [0.15, 0.2) is 6.61 Å². The monoisotopic (exact) mass is 471 g/mol. The zero-order chi connectivity index (χ0) is 24.8. The fourth-order valence-electron chi connectivity index (χ4n) is 4.04. The molecule has 3 amide bonds. The summed E-state index contributed by atoms with van der Waals surface area (Å²) in [5, 5.41) is 5.78. The zero-order valence-electron chi connectivity index (χ0n) is 19.9. The second-order valence-electron chi connectivity index (χ2n) is 8.70. The van der Waals surface area contributed by atoms with Crippen molar-refractivity contribution in [2.75, 3.05) is 23.4 Å². The average Bonchev–Trinajstić information content (AvgIpc) is 3.25. The summed E-state index contributed by atoms with van der Waals surface area (Å²) >= 11 is 0. The summed E-state index contributed by atoms with van der Waals surface area (Å²) in [6, 6.07) is 22.4. The zero-order valence-corrected chi connectivity index (χ0v) is 19.9. The van der Waals surface area contributed by atoms with Gasteiger partial charge in [-0.15, -0.1) is 0 Å². The third kappa shape index (κ3) is 6.06. The molecule has 1 heterocycles. The number of anilines is 2. The predicted molar refractivity (Wildman–Crippen MR) is 135 cm³/mol. The van der Waals surface area contributed by atoms with E-state index in [0.29, 0.717) is 24.5 Å². The van der Waals surface area contributed by atoms with Crippen LogP contribution in [0.5, 0.6) is 5.75 Å². The molecule has 7 nitrogen and oxygen atoms in total. The second kappa shape index (κ2) is 10.9. The lowest BCUT2D eigenvalue weighted by atomic mass is 10.1. The lowest BCUT2D eigenvalue weighted by Crippen LogP contribution is -2.32. The number of aryl methyl sites for hydroxylation is 2. The van der Waals surface area contributed by atoms with Crippen LogP contribution in [0.4, 0.5) is 11.4 Å². The summed E-state index contributed by atoms with van der Waals surface area (Å²) in [4.78, 5) is 39.1. The first-order valence-electron chi connectivity index (χ1n) is 11.6. The van der Waals surface area contributed by atoms with Gasteiger partial charge in [-0.3, -0.25) is 14.4 Å². The number of carbonyl (C=O) groups is 3. The lowest BCUT2D eigenvalue weighted by molar-refractivity contribution is -0.126. The summed E-state index contributed by atoms with van der Waals surface area (Å²) in [5.74, 6) is -0.339. The summed E-state index contributed by atoms with van der Waals surface area (Å²) in [7, 11) is 0. The Balaban J connectivity index is 1.28. The Labute approximate surface area is 205 Å². The molecule has 0 unspecified atom stereocenters. The molecule has 2 N–H and O–H groups in total. The number of para-hydroxylation sites is 1. The van der Waals surface area contributed by atoms with Crippen molar-refractivity contribution >= 4 is 29.1 Å². The maximum atomic E-state index is 12.7. The van der Waals surface area contributed by atoms with Gasteiger partial charge in [0.25, 0.3) is 5.91 Å². The highest BCUT2D eigenvalue weighted by atomic mass is 16.5. The number of benzene rings is 3. The molecule has 0 saturated carbocycles. The molecule has 1 aliphatic rings. The summed E-state index contributed by atoms with van der Waals surface area (Å²) in [6.07, 6.45) is 0.178. The Hall–Kier alpha value is -4.13. The van der Waals surface area contributed by atoms with Gasteiger partial charge < -0.3 is 20.3 Å². The minimum Gasteiger partial charge on any atom is -0.484 e. The van der Waals surface area contributed by atoms with Crippen LogP contribution in [-0.2, 0) is 20.9 Å². The van der Waals surface area contributed by atoms with Gasteiger partial charge in [-0.25, -0.2) is 0 Å². The van der Waals surface area contributed by atoms with E-state index < -0.39 is 5.92 Å². The van der Waals surface area contributed by atoms with Gasteiger partial charge in [-0.05, 0) is 60.9 Å². The number of ether oxygens (including phenoxy) is 1. The molecule has 3 aromatic carbocycles. The number of carbonyl (C=O) groups excluding carboxylic acids is 3. The van der Waals surface area contributed by atoms with Crippen LogP contribution in [0.15, 0.2) is 72.8 Å². The Morgan fingerprint density at radius 2 is 1.63 bits per heavy atom. The van der Waals surface area contributed by atoms with Gasteiger partial charge in [0.1, 0.15) is 5.75 Å². The lowest BCUT2D eigenvalue weighted by Gasteiger charge is -2.17. The topological polar surface area (TPSA) is 87.7 Å². The van der Waals surface area contributed by atoms with Crippen molar-refractivity contribution in [2.45, 2.75) is 26.8 Å². The van der Waals surface area contributed by atoms with E-state index in [1.807, 2.05) is 62.4 Å². The van der Waals surface area contributed by atoms with E-state index in [1.54, 1.807) is 29.2 Å². The molecule has 0 spiro atoms. The number of rotatable bonds is 8. The molecular formula is C28H29N3O4. The van der Waals surface area contributed by atoms with E-state index in [1.165, 1.54) is 0 Å². The maximum Gasteiger partial charge on any atom is 0.262 e. The molecule has 4 rings (SSSR count). The first-order valence-corrected chi connectivity index (χ1v) is 11.6. The van der Waals surface area contributed by atoms with Crippen LogP contribution in [-0.4, -0.2) is 30.9 Å². The van der Waals surface area contributed by atoms with Crippen molar-refractivity contribution in [1.82, 2.24) is 5.32 Å². The Kier molecular flexibility index (Phi) is 7.45. The molecule has 0 bridgehead atoms. The Morgan fingerprint density at radius 3 is 2.34 bits per heavy atom. The first-order chi connectivity index (χ1) is 16.9. The quantitative estimate of drug-likeness (QED) is 0.520. The third-order valence-corrected chi connectivity index (χ3v) is 6.15. The molecule has 0 radical (unpaired) electrons. The molecule has 0 aromatic heterocycles. The second-order valence-corrected chi connectivity index (χ2v) is 8.70. The molecule has 1 atom stereocenters. The van der Waals surface area contributed by atoms with E-state index in [0.717, 1.165) is 22.4 Å². The van der Waals surface area contributed by atoms with Gasteiger partial charge in [-0.1, -0.05) is 42.5 Å². The van der Waals surface area contributed by atoms with Crippen LogP contribution in [0, 0.1) is 19.8 Å². The van der Waals surface area contributed by atoms with E-state index >= 15 is 0 Å². The van der Waals surface area contributed by atoms with Crippen LogP contribution in [0.2, 0.25) is 0 Å². The van der Waals surface area contributed by atoms with E-state index in [4.69, 9.17) is 4.74 Å². The van der Waals surface area contributed by atoms with Crippen molar-refractivity contribution < 1.29 is 19.1 Å². The number of hydrogen-bond donors (Lipinski definition) is 2. The van der Waals surface area contributed by atoms with Gasteiger partial charge in [0.2, 0.25) is 11.8 Å². The average molecular weight is 472 g/mol. The molecule has 1 saturated heterocycles. The van der Waals surface area contributed by atoms with E-state index in [9.17, 15) is 14.4 Å². The molecule has 7 heteroatoms. The fraction of sp³-hybridized carbons (Fsp3) is 0.250. The smallest absolute Gasteiger partial charge is 0.262 e. The standard InChI is InChI=1S/C28H29N3O4/c1-19-7-3-5-9-21(19)16-29-28(34)22-15-27(33)31(17-22)23-11-13-24(14-12-23)35-18-26(32)30-25-10-6-4-8-20(25)2/h3-14,22H,15-18H2,1-2H3,(H,29,34)(H,30,32)/t22-/m1/s1. The Morgan fingerprint density at radius 1 is 0.943 bits per heavy atom. The molecule has 3 aromatic rings. The van der Waals surface area contributed by atoms with Crippen molar-refractivity contribution in [3.63, 3.8) is 0 Å². The predicted octanol–water partition coefficient (Wildman–Crippen LogP) is 3.99. The maximum absolute atomic E-state index is 12.7. The molecule has 35 heavy (non-hydrogen) atoms. The molecule has 180 valence electrons. The minimum atomic E-state index is -0.396. The number of amides is 3. The molecule has 1 aliphatic heterocycles. The van der Waals surface area contributed by atoms with Crippen molar-refractivity contribution in [3.05, 3.63) is 89.5 Å². The van der Waals surface area contributed by atoms with Crippen molar-refractivity contribution in [1.29, 1.82) is 0 Å². The van der Waals surface area contributed by atoms with Gasteiger partial charge >= 0.3 is 0 Å². The van der Waals surface area contributed by atoms with Crippen molar-refractivity contribution in [3.8, 4) is 5.75 Å². The fourth-order valence-corrected chi connectivity index (χ4v) is 4.04.